The number of benzene rings is 1. The summed E-state index contributed by atoms with van der Waals surface area (Å²) in [6, 6.07) is 5.69. The standard InChI is InChI=1S/C11H13N3O4S2/c12-20(17,18)8-3-1-7(2-4-8)13-11-14-10(16)9(19-11)5-6-15/h1-4,9,15H,5-6H2,(H2,12,17,18)(H,13,14,16). The number of nitrogens with zero attached hydrogens (tertiary/aromatic N) is 1. The van der Waals surface area contributed by atoms with Crippen LogP contribution in [0, 0.1) is 0 Å². The van der Waals surface area contributed by atoms with Crippen LogP contribution in [0.15, 0.2) is 34.2 Å². The average Bonchev–Trinajstić information content (AvgIpc) is 2.70. The van der Waals surface area contributed by atoms with Crippen LogP contribution in [0.5, 0.6) is 0 Å². The summed E-state index contributed by atoms with van der Waals surface area (Å²) in [7, 11) is -3.72. The Morgan fingerprint density at radius 3 is 2.55 bits per heavy atom. The van der Waals surface area contributed by atoms with Gasteiger partial charge in [0.2, 0.25) is 15.9 Å². The summed E-state index contributed by atoms with van der Waals surface area (Å²) < 4.78 is 22.2. The molecule has 1 fully saturated rings. The van der Waals surface area contributed by atoms with E-state index < -0.39 is 10.0 Å². The number of nitrogens with two attached hydrogens (primary N) is 1. The molecular formula is C11H13N3O4S2. The molecule has 1 atom stereocenters. The van der Waals surface area contributed by atoms with Crippen LogP contribution in [0.3, 0.4) is 0 Å². The van der Waals surface area contributed by atoms with Crippen molar-refractivity contribution in [1.82, 2.24) is 5.32 Å². The van der Waals surface area contributed by atoms with Gasteiger partial charge >= 0.3 is 0 Å². The van der Waals surface area contributed by atoms with E-state index in [1.807, 2.05) is 0 Å². The van der Waals surface area contributed by atoms with Gasteiger partial charge in [0.25, 0.3) is 0 Å². The zero-order valence-corrected chi connectivity index (χ0v) is 11.9. The number of aliphatic hydroxyl groups is 1. The molecular weight excluding hydrogens is 302 g/mol. The zero-order valence-electron chi connectivity index (χ0n) is 10.3. The van der Waals surface area contributed by atoms with Crippen LogP contribution in [0.25, 0.3) is 0 Å². The number of rotatable bonds is 4. The van der Waals surface area contributed by atoms with Gasteiger partial charge in [0.1, 0.15) is 0 Å². The highest BCUT2D eigenvalue weighted by molar-refractivity contribution is 8.15. The van der Waals surface area contributed by atoms with Crippen LogP contribution < -0.4 is 10.5 Å². The maximum absolute atomic E-state index is 11.5. The third-order valence-electron chi connectivity index (χ3n) is 2.56. The van der Waals surface area contributed by atoms with Gasteiger partial charge in [-0.15, -0.1) is 0 Å². The van der Waals surface area contributed by atoms with Crippen LogP contribution in [0.1, 0.15) is 6.42 Å². The molecule has 0 aromatic heterocycles. The Bertz CT molecular complexity index is 640. The van der Waals surface area contributed by atoms with E-state index in [0.29, 0.717) is 17.3 Å². The van der Waals surface area contributed by atoms with Gasteiger partial charge in [-0.1, -0.05) is 11.8 Å². The molecule has 1 aliphatic rings. The molecule has 0 aliphatic carbocycles. The van der Waals surface area contributed by atoms with Crippen molar-refractivity contribution in [2.24, 2.45) is 10.1 Å². The van der Waals surface area contributed by atoms with Crippen molar-refractivity contribution in [3.63, 3.8) is 0 Å². The molecule has 1 saturated heterocycles. The predicted molar refractivity (Wildman–Crippen MR) is 76.1 cm³/mol. The third-order valence-corrected chi connectivity index (χ3v) is 4.64. The number of amides is 1. The molecule has 1 heterocycles. The summed E-state index contributed by atoms with van der Waals surface area (Å²) in [4.78, 5) is 15.7. The first-order valence-electron chi connectivity index (χ1n) is 5.70. The summed E-state index contributed by atoms with van der Waals surface area (Å²) in [6.07, 6.45) is 0.361. The summed E-state index contributed by atoms with van der Waals surface area (Å²) in [5.41, 5.74) is 0.504. The first kappa shape index (κ1) is 15.0. The molecule has 1 aromatic carbocycles. The lowest BCUT2D eigenvalue weighted by atomic mass is 10.3. The molecule has 0 spiro atoms. The monoisotopic (exact) mass is 315 g/mol. The molecule has 0 bridgehead atoms. The second-order valence-corrected chi connectivity index (χ2v) is 6.82. The van der Waals surface area contributed by atoms with E-state index in [-0.39, 0.29) is 22.7 Å². The smallest absolute Gasteiger partial charge is 0.239 e. The Labute approximate surface area is 120 Å². The van der Waals surface area contributed by atoms with Crippen LogP contribution in [-0.4, -0.2) is 36.5 Å². The van der Waals surface area contributed by atoms with Gasteiger partial charge in [-0.3, -0.25) is 4.79 Å². The van der Waals surface area contributed by atoms with Gasteiger partial charge in [-0.05, 0) is 30.7 Å². The topological polar surface area (TPSA) is 122 Å². The molecule has 1 aliphatic heterocycles. The fourth-order valence-corrected chi connectivity index (χ4v) is 3.08. The highest BCUT2D eigenvalue weighted by atomic mass is 32.2. The van der Waals surface area contributed by atoms with E-state index >= 15 is 0 Å². The minimum absolute atomic E-state index is 0.00252. The van der Waals surface area contributed by atoms with E-state index in [2.05, 4.69) is 10.3 Å². The van der Waals surface area contributed by atoms with Gasteiger partial charge in [0, 0.05) is 6.61 Å². The Morgan fingerprint density at radius 1 is 1.35 bits per heavy atom. The maximum Gasteiger partial charge on any atom is 0.239 e. The number of carbonyl (C=O) groups excluding carboxylic acids is 1. The number of carbonyl (C=O) groups is 1. The summed E-state index contributed by atoms with van der Waals surface area (Å²) >= 11 is 1.23. The quantitative estimate of drug-likeness (QED) is 0.718. The van der Waals surface area contributed by atoms with Crippen LogP contribution in [0.2, 0.25) is 0 Å². The van der Waals surface area contributed by atoms with E-state index in [1.165, 1.54) is 36.0 Å². The second-order valence-electron chi connectivity index (χ2n) is 4.06. The lowest BCUT2D eigenvalue weighted by molar-refractivity contribution is -0.119. The predicted octanol–water partition coefficient (Wildman–Crippen LogP) is -0.0645. The van der Waals surface area contributed by atoms with Crippen molar-refractivity contribution < 1.29 is 18.3 Å². The fraction of sp³-hybridized carbons (Fsp3) is 0.273. The van der Waals surface area contributed by atoms with Gasteiger partial charge in [-0.2, -0.15) is 0 Å². The maximum atomic E-state index is 11.5. The number of primary sulfonamides is 1. The number of hydrogen-bond donors (Lipinski definition) is 3. The minimum Gasteiger partial charge on any atom is -0.396 e. The van der Waals surface area contributed by atoms with E-state index in [4.69, 9.17) is 10.2 Å². The second kappa shape index (κ2) is 5.92. The number of aliphatic hydroxyl groups excluding tert-OH is 1. The summed E-state index contributed by atoms with van der Waals surface area (Å²) in [6.45, 7) is -0.0680. The van der Waals surface area contributed by atoms with Crippen LogP contribution in [0.4, 0.5) is 5.69 Å². The zero-order chi connectivity index (χ0) is 14.8. The average molecular weight is 315 g/mol. The van der Waals surface area contributed by atoms with Crippen molar-refractivity contribution in [2.45, 2.75) is 16.6 Å². The van der Waals surface area contributed by atoms with Gasteiger partial charge < -0.3 is 10.4 Å². The molecule has 9 heteroatoms. The minimum atomic E-state index is -3.72. The number of nitrogens with one attached hydrogen (secondary N) is 1. The molecule has 4 N–H and O–H groups in total. The lowest BCUT2D eigenvalue weighted by Crippen LogP contribution is -2.25. The number of thioether (sulfide) groups is 1. The summed E-state index contributed by atoms with van der Waals surface area (Å²) in [5, 5.41) is 16.5. The number of hydrogen-bond acceptors (Lipinski definition) is 6. The Morgan fingerprint density at radius 2 is 2.00 bits per heavy atom. The van der Waals surface area contributed by atoms with E-state index in [9.17, 15) is 13.2 Å². The molecule has 1 amide bonds. The molecule has 7 nitrogen and oxygen atoms in total. The first-order chi connectivity index (χ1) is 9.40. The number of amidine groups is 1. The van der Waals surface area contributed by atoms with Gasteiger partial charge in [0.05, 0.1) is 15.8 Å². The van der Waals surface area contributed by atoms with Gasteiger partial charge in [-0.25, -0.2) is 18.5 Å². The SMILES string of the molecule is NS(=O)(=O)c1ccc(N=C2NC(=O)C(CCO)S2)cc1. The molecule has 108 valence electrons. The van der Waals surface area contributed by atoms with Crippen molar-refractivity contribution in [3.05, 3.63) is 24.3 Å². The van der Waals surface area contributed by atoms with Crippen LogP contribution in [-0.2, 0) is 14.8 Å². The molecule has 20 heavy (non-hydrogen) atoms. The highest BCUT2D eigenvalue weighted by Gasteiger charge is 2.29. The molecule has 1 unspecified atom stereocenters. The number of aliphatic imine (C=N–C) groups is 1. The largest absolute Gasteiger partial charge is 0.396 e. The highest BCUT2D eigenvalue weighted by Crippen LogP contribution is 2.25. The lowest BCUT2D eigenvalue weighted by Gasteiger charge is -2.00. The number of sulfonamides is 1. The van der Waals surface area contributed by atoms with Crippen molar-refractivity contribution in [2.75, 3.05) is 6.61 Å². The van der Waals surface area contributed by atoms with E-state index in [0.717, 1.165) is 0 Å². The van der Waals surface area contributed by atoms with Crippen molar-refractivity contribution in [1.29, 1.82) is 0 Å². The Kier molecular flexibility index (Phi) is 4.43. The third kappa shape index (κ3) is 3.57. The normalized spacial score (nSPS) is 21.2. The summed E-state index contributed by atoms with van der Waals surface area (Å²) in [5.74, 6) is -0.191. The van der Waals surface area contributed by atoms with Crippen LogP contribution >= 0.6 is 11.8 Å². The molecule has 2 rings (SSSR count). The fourth-order valence-electron chi connectivity index (χ4n) is 1.59. The van der Waals surface area contributed by atoms with Crippen molar-refractivity contribution >= 4 is 38.5 Å². The van der Waals surface area contributed by atoms with E-state index in [1.54, 1.807) is 0 Å². The van der Waals surface area contributed by atoms with Gasteiger partial charge in [0.15, 0.2) is 5.17 Å². The molecule has 0 radical (unpaired) electrons. The molecule has 1 aromatic rings. The Hall–Kier alpha value is -1.42. The first-order valence-corrected chi connectivity index (χ1v) is 8.12. The Balaban J connectivity index is 2.14. The molecule has 0 saturated carbocycles. The van der Waals surface area contributed by atoms with Crippen molar-refractivity contribution in [3.8, 4) is 0 Å².